The van der Waals surface area contributed by atoms with Gasteiger partial charge in [-0.1, -0.05) is 0 Å². The second-order valence-corrected chi connectivity index (χ2v) is 3.00. The van der Waals surface area contributed by atoms with Crippen LogP contribution in [0.5, 0.6) is 5.75 Å². The Kier molecular flexibility index (Phi) is 3.77. The van der Waals surface area contributed by atoms with Crippen molar-refractivity contribution in [3.63, 3.8) is 0 Å². The van der Waals surface area contributed by atoms with Crippen molar-refractivity contribution in [2.45, 2.75) is 6.36 Å². The van der Waals surface area contributed by atoms with Crippen molar-refractivity contribution in [1.82, 2.24) is 4.98 Å². The summed E-state index contributed by atoms with van der Waals surface area (Å²) >= 11 is 0. The third-order valence-electron chi connectivity index (χ3n) is 1.83. The molecule has 0 aliphatic rings. The first-order valence-electron chi connectivity index (χ1n) is 4.41. The number of aromatic amines is 1. The fourth-order valence-electron chi connectivity index (χ4n) is 1.16. The van der Waals surface area contributed by atoms with E-state index in [2.05, 4.69) is 9.47 Å². The Morgan fingerprint density at radius 3 is 2.47 bits per heavy atom. The molecule has 1 heterocycles. The summed E-state index contributed by atoms with van der Waals surface area (Å²) in [5.74, 6) is -3.05. The maximum Gasteiger partial charge on any atom is 0.573 e. The topological polar surface area (TPSA) is 112 Å². The second kappa shape index (κ2) is 4.96. The average molecular weight is 282 g/mol. The zero-order chi connectivity index (χ0) is 14.8. The normalized spacial score (nSPS) is 10.9. The van der Waals surface area contributed by atoms with E-state index in [9.17, 15) is 32.9 Å². The third kappa shape index (κ3) is 3.20. The minimum Gasteiger partial charge on any atom is -0.465 e. The van der Waals surface area contributed by atoms with Crippen LogP contribution in [0.2, 0.25) is 0 Å². The molecule has 1 N–H and O–H groups in total. The molecule has 19 heavy (non-hydrogen) atoms. The first-order valence-corrected chi connectivity index (χ1v) is 4.41. The number of carbonyl (C=O) groups excluding carboxylic acids is 1. The first kappa shape index (κ1) is 14.5. The molecule has 0 aliphatic carbocycles. The molecule has 0 bridgehead atoms. The zero-order valence-electron chi connectivity index (χ0n) is 9.11. The van der Waals surface area contributed by atoms with Crippen molar-refractivity contribution in [1.29, 1.82) is 0 Å². The van der Waals surface area contributed by atoms with Gasteiger partial charge in [0.2, 0.25) is 5.75 Å². The van der Waals surface area contributed by atoms with Gasteiger partial charge < -0.3 is 14.5 Å². The van der Waals surface area contributed by atoms with E-state index >= 15 is 0 Å². The SMILES string of the molecule is COC(=O)c1c([N+](=O)[O-])c[nH]c(=O)c1OC(F)(F)F. The third-order valence-corrected chi connectivity index (χ3v) is 1.83. The van der Waals surface area contributed by atoms with Crippen LogP contribution in [-0.2, 0) is 4.74 Å². The van der Waals surface area contributed by atoms with Crippen LogP contribution in [0.15, 0.2) is 11.0 Å². The highest BCUT2D eigenvalue weighted by Crippen LogP contribution is 2.29. The van der Waals surface area contributed by atoms with Gasteiger partial charge >= 0.3 is 18.0 Å². The van der Waals surface area contributed by atoms with Crippen LogP contribution >= 0.6 is 0 Å². The van der Waals surface area contributed by atoms with E-state index in [4.69, 9.17) is 0 Å². The number of aromatic nitrogens is 1. The average Bonchev–Trinajstić information content (AvgIpc) is 2.28. The van der Waals surface area contributed by atoms with Crippen molar-refractivity contribution in [3.05, 3.63) is 32.2 Å². The van der Waals surface area contributed by atoms with Crippen molar-refractivity contribution >= 4 is 11.7 Å². The molecule has 11 heteroatoms. The highest BCUT2D eigenvalue weighted by Gasteiger charge is 2.38. The zero-order valence-corrected chi connectivity index (χ0v) is 9.11. The molecule has 0 saturated carbocycles. The van der Waals surface area contributed by atoms with Gasteiger partial charge in [-0.3, -0.25) is 14.9 Å². The number of methoxy groups -OCH3 is 1. The summed E-state index contributed by atoms with van der Waals surface area (Å²) in [4.78, 5) is 33.6. The summed E-state index contributed by atoms with van der Waals surface area (Å²) < 4.78 is 43.7. The molecule has 8 nitrogen and oxygen atoms in total. The predicted octanol–water partition coefficient (Wildman–Crippen LogP) is 0.968. The lowest BCUT2D eigenvalue weighted by atomic mass is 10.2. The summed E-state index contributed by atoms with van der Waals surface area (Å²) in [6.45, 7) is 0. The highest BCUT2D eigenvalue weighted by atomic mass is 19.4. The lowest BCUT2D eigenvalue weighted by Gasteiger charge is -2.10. The largest absolute Gasteiger partial charge is 0.573 e. The standard InChI is InChI=1S/C8H5F3N2O6/c1-18-7(15)4-3(13(16)17)2-12-6(14)5(4)19-8(9,10)11/h2H,1H3,(H,12,14). The molecule has 0 aromatic carbocycles. The molecular weight excluding hydrogens is 277 g/mol. The number of nitro groups is 1. The second-order valence-electron chi connectivity index (χ2n) is 3.00. The quantitative estimate of drug-likeness (QED) is 0.502. The smallest absolute Gasteiger partial charge is 0.465 e. The van der Waals surface area contributed by atoms with Gasteiger partial charge in [0.25, 0.3) is 5.56 Å². The maximum atomic E-state index is 12.1. The predicted molar refractivity (Wildman–Crippen MR) is 51.7 cm³/mol. The van der Waals surface area contributed by atoms with Crippen molar-refractivity contribution in [2.75, 3.05) is 7.11 Å². The molecule has 0 atom stereocenters. The molecule has 104 valence electrons. The van der Waals surface area contributed by atoms with Gasteiger partial charge in [-0.15, -0.1) is 13.2 Å². The highest BCUT2D eigenvalue weighted by molar-refractivity contribution is 5.96. The minimum absolute atomic E-state index is 0.470. The number of carbonyl (C=O) groups is 1. The number of hydrogen-bond acceptors (Lipinski definition) is 6. The fourth-order valence-corrected chi connectivity index (χ4v) is 1.16. The molecule has 1 rings (SSSR count). The van der Waals surface area contributed by atoms with Gasteiger partial charge in [-0.25, -0.2) is 4.79 Å². The summed E-state index contributed by atoms with van der Waals surface area (Å²) in [6, 6.07) is 0. The lowest BCUT2D eigenvalue weighted by molar-refractivity contribution is -0.385. The molecule has 0 unspecified atom stereocenters. The van der Waals surface area contributed by atoms with Gasteiger partial charge in [0.05, 0.1) is 18.2 Å². The van der Waals surface area contributed by atoms with Crippen LogP contribution in [0.1, 0.15) is 10.4 Å². The number of esters is 1. The Hall–Kier alpha value is -2.59. The summed E-state index contributed by atoms with van der Waals surface area (Å²) in [5, 5.41) is 10.6. The summed E-state index contributed by atoms with van der Waals surface area (Å²) in [6.07, 6.45) is -4.83. The molecular formula is C8H5F3N2O6. The van der Waals surface area contributed by atoms with Crippen molar-refractivity contribution in [3.8, 4) is 5.75 Å². The molecule has 1 aromatic rings. The van der Waals surface area contributed by atoms with Crippen LogP contribution in [0.4, 0.5) is 18.9 Å². The molecule has 0 saturated heterocycles. The number of ether oxygens (including phenoxy) is 2. The minimum atomic E-state index is -5.30. The number of pyridine rings is 1. The van der Waals surface area contributed by atoms with Crippen LogP contribution in [0.25, 0.3) is 0 Å². The Morgan fingerprint density at radius 1 is 1.47 bits per heavy atom. The van der Waals surface area contributed by atoms with E-state index in [1.165, 1.54) is 0 Å². The van der Waals surface area contributed by atoms with Crippen molar-refractivity contribution < 1.29 is 32.4 Å². The van der Waals surface area contributed by atoms with Crippen LogP contribution in [-0.4, -0.2) is 29.3 Å². The van der Waals surface area contributed by atoms with E-state index in [-0.39, 0.29) is 0 Å². The number of rotatable bonds is 3. The number of hydrogen-bond donors (Lipinski definition) is 1. The number of nitrogens with one attached hydrogen (secondary N) is 1. The molecule has 0 radical (unpaired) electrons. The Bertz CT molecular complexity index is 579. The van der Waals surface area contributed by atoms with Gasteiger partial charge in [0.15, 0.2) is 5.56 Å². The Labute approximate surface area is 101 Å². The summed E-state index contributed by atoms with van der Waals surface area (Å²) in [5.41, 5.74) is -3.75. The van der Waals surface area contributed by atoms with Gasteiger partial charge in [0, 0.05) is 0 Å². The van der Waals surface area contributed by atoms with Crippen LogP contribution < -0.4 is 10.3 Å². The number of halogens is 3. The number of H-pyrrole nitrogens is 1. The van der Waals surface area contributed by atoms with E-state index < -0.39 is 39.8 Å². The Balaban J connectivity index is 3.58. The van der Waals surface area contributed by atoms with Crippen LogP contribution in [0, 0.1) is 10.1 Å². The van der Waals surface area contributed by atoms with Gasteiger partial charge in [0.1, 0.15) is 0 Å². The molecule has 0 aliphatic heterocycles. The Morgan fingerprint density at radius 2 is 2.05 bits per heavy atom. The van der Waals surface area contributed by atoms with Crippen LogP contribution in [0.3, 0.4) is 0 Å². The van der Waals surface area contributed by atoms with E-state index in [1.54, 1.807) is 4.98 Å². The van der Waals surface area contributed by atoms with Gasteiger partial charge in [-0.05, 0) is 0 Å². The molecule has 0 amide bonds. The monoisotopic (exact) mass is 282 g/mol. The van der Waals surface area contributed by atoms with E-state index in [0.29, 0.717) is 6.20 Å². The number of alkyl halides is 3. The van der Waals surface area contributed by atoms with Gasteiger partial charge in [-0.2, -0.15) is 0 Å². The van der Waals surface area contributed by atoms with E-state index in [0.717, 1.165) is 7.11 Å². The van der Waals surface area contributed by atoms with E-state index in [1.807, 2.05) is 0 Å². The molecule has 0 spiro atoms. The fraction of sp³-hybridized carbons (Fsp3) is 0.250. The first-order chi connectivity index (χ1) is 8.67. The number of nitrogens with zero attached hydrogens (tertiary/aromatic N) is 1. The summed E-state index contributed by atoms with van der Waals surface area (Å²) in [7, 11) is 0.782. The molecule has 1 aromatic heterocycles. The lowest BCUT2D eigenvalue weighted by Crippen LogP contribution is -2.26. The van der Waals surface area contributed by atoms with Crippen molar-refractivity contribution in [2.24, 2.45) is 0 Å². The molecule has 0 fully saturated rings. The maximum absolute atomic E-state index is 12.1.